The molecule has 2 rings (SSSR count). The van der Waals surface area contributed by atoms with Gasteiger partial charge in [0.25, 0.3) is 0 Å². The second-order valence-electron chi connectivity index (χ2n) is 3.44. The Morgan fingerprint density at radius 1 is 1.69 bits per heavy atom. The van der Waals surface area contributed by atoms with E-state index in [-0.39, 0.29) is 12.0 Å². The van der Waals surface area contributed by atoms with Crippen molar-refractivity contribution >= 4 is 15.9 Å². The smallest absolute Gasteiger partial charge is 0.0635 e. The first-order valence-electron chi connectivity index (χ1n) is 4.63. The topological polar surface area (TPSA) is 38.0 Å². The van der Waals surface area contributed by atoms with Gasteiger partial charge in [-0.3, -0.25) is 4.68 Å². The van der Waals surface area contributed by atoms with Gasteiger partial charge in [-0.25, -0.2) is 0 Å². The summed E-state index contributed by atoms with van der Waals surface area (Å²) in [7, 11) is 0. The van der Waals surface area contributed by atoms with Crippen LogP contribution in [0.15, 0.2) is 10.7 Å². The van der Waals surface area contributed by atoms with Crippen molar-refractivity contribution in [2.24, 2.45) is 0 Å². The average molecular weight is 245 g/mol. The molecule has 0 spiro atoms. The highest BCUT2D eigenvalue weighted by Crippen LogP contribution is 2.39. The minimum Gasteiger partial charge on any atom is -0.392 e. The van der Waals surface area contributed by atoms with Crippen molar-refractivity contribution in [1.82, 2.24) is 9.78 Å². The molecule has 1 saturated carbocycles. The van der Waals surface area contributed by atoms with Crippen LogP contribution in [-0.4, -0.2) is 21.0 Å². The van der Waals surface area contributed by atoms with Crippen LogP contribution in [0.2, 0.25) is 0 Å². The third-order valence-corrected chi connectivity index (χ3v) is 3.33. The first kappa shape index (κ1) is 9.21. The number of nitrogens with zero attached hydrogens (tertiary/aromatic N) is 2. The van der Waals surface area contributed by atoms with E-state index < -0.39 is 0 Å². The van der Waals surface area contributed by atoms with E-state index in [1.807, 2.05) is 10.9 Å². The van der Waals surface area contributed by atoms with Crippen LogP contribution in [0.3, 0.4) is 0 Å². The lowest BCUT2D eigenvalue weighted by Crippen LogP contribution is -2.31. The molecule has 1 aromatic heterocycles. The Balaban J connectivity index is 2.31. The second kappa shape index (κ2) is 3.42. The zero-order chi connectivity index (χ0) is 9.42. The van der Waals surface area contributed by atoms with Crippen molar-refractivity contribution in [2.75, 3.05) is 0 Å². The fraction of sp³-hybridized carbons (Fsp3) is 0.667. The van der Waals surface area contributed by atoms with E-state index in [1.54, 1.807) is 0 Å². The van der Waals surface area contributed by atoms with Crippen LogP contribution in [0.4, 0.5) is 0 Å². The number of hydrogen-bond acceptors (Lipinski definition) is 2. The van der Waals surface area contributed by atoms with Crippen LogP contribution in [0.25, 0.3) is 0 Å². The fourth-order valence-electron chi connectivity index (χ4n) is 1.79. The Labute approximate surface area is 85.9 Å². The first-order valence-corrected chi connectivity index (χ1v) is 5.42. The molecule has 1 aromatic rings. The molecular weight excluding hydrogens is 232 g/mol. The van der Waals surface area contributed by atoms with E-state index in [9.17, 15) is 5.11 Å². The van der Waals surface area contributed by atoms with Gasteiger partial charge in [-0.05, 0) is 35.7 Å². The van der Waals surface area contributed by atoms with Gasteiger partial charge in [0.05, 0.1) is 22.5 Å². The second-order valence-corrected chi connectivity index (χ2v) is 4.30. The van der Waals surface area contributed by atoms with Crippen LogP contribution in [0.5, 0.6) is 0 Å². The molecule has 1 N–H and O–H groups in total. The molecule has 1 aliphatic rings. The lowest BCUT2D eigenvalue weighted by atomic mass is 9.79. The third-order valence-electron chi connectivity index (χ3n) is 2.72. The Kier molecular flexibility index (Phi) is 2.43. The molecule has 0 aliphatic heterocycles. The average Bonchev–Trinajstić information content (AvgIpc) is 2.46. The van der Waals surface area contributed by atoms with Crippen LogP contribution < -0.4 is 0 Å². The van der Waals surface area contributed by atoms with Crippen molar-refractivity contribution in [3.63, 3.8) is 0 Å². The highest BCUT2D eigenvalue weighted by atomic mass is 79.9. The maximum atomic E-state index is 9.56. The molecule has 2 atom stereocenters. The summed E-state index contributed by atoms with van der Waals surface area (Å²) in [6.45, 7) is 2.93. The number of aliphatic hydroxyl groups excluding tert-OH is 1. The molecule has 1 aliphatic carbocycles. The molecule has 0 bridgehead atoms. The Morgan fingerprint density at radius 2 is 2.46 bits per heavy atom. The summed E-state index contributed by atoms with van der Waals surface area (Å²) in [5, 5.41) is 13.8. The fourth-order valence-corrected chi connectivity index (χ4v) is 2.38. The van der Waals surface area contributed by atoms with E-state index in [1.165, 1.54) is 0 Å². The molecule has 0 aromatic carbocycles. The molecule has 72 valence electrons. The Morgan fingerprint density at radius 3 is 2.92 bits per heavy atom. The third kappa shape index (κ3) is 1.42. The van der Waals surface area contributed by atoms with Gasteiger partial charge in [-0.15, -0.1) is 0 Å². The summed E-state index contributed by atoms with van der Waals surface area (Å²) in [6, 6.07) is 0. The number of aromatic nitrogens is 2. The van der Waals surface area contributed by atoms with Gasteiger partial charge >= 0.3 is 0 Å². The molecule has 2 unspecified atom stereocenters. The predicted molar refractivity (Wildman–Crippen MR) is 53.6 cm³/mol. The van der Waals surface area contributed by atoms with Gasteiger partial charge in [0.1, 0.15) is 0 Å². The van der Waals surface area contributed by atoms with Crippen molar-refractivity contribution in [3.8, 4) is 0 Å². The lowest BCUT2D eigenvalue weighted by Gasteiger charge is -2.32. The molecular formula is C9H13BrN2O. The van der Waals surface area contributed by atoms with E-state index in [4.69, 9.17) is 0 Å². The SMILES string of the molecule is CCn1ncc(Br)c1C1CCC1O. The monoisotopic (exact) mass is 244 g/mol. The molecule has 1 heterocycles. The van der Waals surface area contributed by atoms with Crippen LogP contribution in [0, 0.1) is 0 Å². The number of aryl methyl sites for hydroxylation is 1. The minimum atomic E-state index is -0.168. The van der Waals surface area contributed by atoms with Gasteiger partial charge < -0.3 is 5.11 Å². The number of halogens is 1. The first-order chi connectivity index (χ1) is 6.24. The lowest BCUT2D eigenvalue weighted by molar-refractivity contribution is 0.0617. The van der Waals surface area contributed by atoms with E-state index in [0.29, 0.717) is 0 Å². The summed E-state index contributed by atoms with van der Waals surface area (Å²) in [5.41, 5.74) is 1.15. The van der Waals surface area contributed by atoms with E-state index in [0.717, 1.165) is 29.6 Å². The number of aliphatic hydroxyl groups is 1. The van der Waals surface area contributed by atoms with Crippen LogP contribution >= 0.6 is 15.9 Å². The van der Waals surface area contributed by atoms with Crippen LogP contribution in [0.1, 0.15) is 31.4 Å². The summed E-state index contributed by atoms with van der Waals surface area (Å²) in [6.07, 6.45) is 3.64. The standard InChI is InChI=1S/C9H13BrN2O/c1-2-12-9(7(10)5-11-12)6-3-4-8(6)13/h5-6,8,13H,2-4H2,1H3. The van der Waals surface area contributed by atoms with Gasteiger partial charge in [0.2, 0.25) is 0 Å². The van der Waals surface area contributed by atoms with Crippen molar-refractivity contribution in [1.29, 1.82) is 0 Å². The summed E-state index contributed by atoms with van der Waals surface area (Å²) >= 11 is 3.47. The summed E-state index contributed by atoms with van der Waals surface area (Å²) < 4.78 is 2.98. The maximum absolute atomic E-state index is 9.56. The highest BCUT2D eigenvalue weighted by molar-refractivity contribution is 9.10. The summed E-state index contributed by atoms with van der Waals surface area (Å²) in [5.74, 6) is 0.289. The molecule has 3 nitrogen and oxygen atoms in total. The van der Waals surface area contributed by atoms with Gasteiger partial charge in [-0.2, -0.15) is 5.10 Å². The minimum absolute atomic E-state index is 0.168. The quantitative estimate of drug-likeness (QED) is 0.864. The van der Waals surface area contributed by atoms with Crippen molar-refractivity contribution in [2.45, 2.75) is 38.3 Å². The largest absolute Gasteiger partial charge is 0.392 e. The zero-order valence-corrected chi connectivity index (χ0v) is 9.16. The maximum Gasteiger partial charge on any atom is 0.0635 e. The van der Waals surface area contributed by atoms with Gasteiger partial charge in [0.15, 0.2) is 0 Å². The molecule has 0 amide bonds. The predicted octanol–water partition coefficient (Wildman–Crippen LogP) is 1.90. The van der Waals surface area contributed by atoms with Gasteiger partial charge in [0, 0.05) is 12.5 Å². The number of rotatable bonds is 2. The van der Waals surface area contributed by atoms with Crippen LogP contribution in [-0.2, 0) is 6.54 Å². The molecule has 13 heavy (non-hydrogen) atoms. The summed E-state index contributed by atoms with van der Waals surface area (Å²) in [4.78, 5) is 0. The Hall–Kier alpha value is -0.350. The van der Waals surface area contributed by atoms with E-state index >= 15 is 0 Å². The molecule has 0 radical (unpaired) electrons. The normalized spacial score (nSPS) is 27.3. The van der Waals surface area contributed by atoms with Gasteiger partial charge in [-0.1, -0.05) is 0 Å². The number of hydrogen-bond donors (Lipinski definition) is 1. The van der Waals surface area contributed by atoms with Crippen molar-refractivity contribution in [3.05, 3.63) is 16.4 Å². The highest BCUT2D eigenvalue weighted by Gasteiger charge is 2.34. The molecule has 4 heteroatoms. The Bertz CT molecular complexity index is 311. The molecule has 0 saturated heterocycles. The molecule has 1 fully saturated rings. The van der Waals surface area contributed by atoms with Crippen molar-refractivity contribution < 1.29 is 5.11 Å². The zero-order valence-electron chi connectivity index (χ0n) is 7.57. The van der Waals surface area contributed by atoms with E-state index in [2.05, 4.69) is 28.0 Å².